The van der Waals surface area contributed by atoms with Crippen molar-refractivity contribution in [3.63, 3.8) is 0 Å². The molecule has 0 amide bonds. The molecule has 0 fully saturated rings. The number of para-hydroxylation sites is 2. The van der Waals surface area contributed by atoms with E-state index in [1.54, 1.807) is 4.52 Å². The van der Waals surface area contributed by atoms with Crippen LogP contribution >= 0.6 is 0 Å². The van der Waals surface area contributed by atoms with Crippen LogP contribution in [0.2, 0.25) is 0 Å². The molecule has 0 unspecified atom stereocenters. The number of aromatic nitrogens is 6. The molecule has 1 aromatic carbocycles. The summed E-state index contributed by atoms with van der Waals surface area (Å²) >= 11 is 0. The van der Waals surface area contributed by atoms with E-state index >= 15 is 0 Å². The van der Waals surface area contributed by atoms with Crippen LogP contribution in [-0.2, 0) is 0 Å². The standard InChI is InChI=1S/C15H15N7/c1-8(2)11-7-12-19-20-13(14(16)22(12)21-11)15-17-9-5-3-4-6-10(9)18-15/h3-8H,16H2,1-2H3,(H,17,18). The lowest BCUT2D eigenvalue weighted by atomic mass is 10.1. The number of nitrogen functional groups attached to an aromatic ring is 1. The second-order valence-corrected chi connectivity index (χ2v) is 5.53. The number of rotatable bonds is 2. The minimum absolute atomic E-state index is 0.302. The fourth-order valence-corrected chi connectivity index (χ4v) is 2.41. The number of H-pyrrole nitrogens is 1. The van der Waals surface area contributed by atoms with Gasteiger partial charge in [0, 0.05) is 6.07 Å². The fourth-order valence-electron chi connectivity index (χ4n) is 2.41. The molecule has 4 aromatic rings. The molecule has 0 aliphatic heterocycles. The monoisotopic (exact) mass is 293 g/mol. The summed E-state index contributed by atoms with van der Waals surface area (Å²) in [6, 6.07) is 9.68. The van der Waals surface area contributed by atoms with Crippen LogP contribution in [0.15, 0.2) is 30.3 Å². The Balaban J connectivity index is 1.92. The van der Waals surface area contributed by atoms with Crippen molar-refractivity contribution < 1.29 is 0 Å². The van der Waals surface area contributed by atoms with Crippen LogP contribution < -0.4 is 5.73 Å². The van der Waals surface area contributed by atoms with E-state index in [9.17, 15) is 0 Å². The van der Waals surface area contributed by atoms with Gasteiger partial charge in [0.05, 0.1) is 16.7 Å². The lowest BCUT2D eigenvalue weighted by molar-refractivity contribution is 0.785. The lowest BCUT2D eigenvalue weighted by Crippen LogP contribution is -2.06. The van der Waals surface area contributed by atoms with E-state index in [0.717, 1.165) is 16.7 Å². The minimum atomic E-state index is 0.302. The molecule has 0 atom stereocenters. The van der Waals surface area contributed by atoms with Gasteiger partial charge in [-0.2, -0.15) is 9.61 Å². The Morgan fingerprint density at radius 3 is 2.77 bits per heavy atom. The molecule has 0 saturated carbocycles. The van der Waals surface area contributed by atoms with Crippen molar-refractivity contribution in [3.05, 3.63) is 36.0 Å². The zero-order chi connectivity index (χ0) is 15.3. The number of anilines is 1. The molecule has 4 rings (SSSR count). The van der Waals surface area contributed by atoms with Crippen molar-refractivity contribution >= 4 is 22.5 Å². The van der Waals surface area contributed by atoms with Gasteiger partial charge in [-0.05, 0) is 18.1 Å². The third-order valence-corrected chi connectivity index (χ3v) is 3.64. The highest BCUT2D eigenvalue weighted by Crippen LogP contribution is 2.24. The van der Waals surface area contributed by atoms with Gasteiger partial charge in [0.2, 0.25) is 0 Å². The molecular formula is C15H15N7. The van der Waals surface area contributed by atoms with Crippen LogP contribution in [0.4, 0.5) is 5.82 Å². The first kappa shape index (κ1) is 12.8. The summed E-state index contributed by atoms with van der Waals surface area (Å²) in [5.41, 5.74) is 10.1. The maximum atomic E-state index is 6.22. The zero-order valence-corrected chi connectivity index (χ0v) is 12.3. The average Bonchev–Trinajstić information content (AvgIpc) is 3.11. The Labute approximate surface area is 126 Å². The summed E-state index contributed by atoms with van der Waals surface area (Å²) in [6.07, 6.45) is 0. The van der Waals surface area contributed by atoms with Crippen LogP contribution in [0.1, 0.15) is 25.5 Å². The molecule has 0 spiro atoms. The van der Waals surface area contributed by atoms with Crippen LogP contribution in [0.25, 0.3) is 28.2 Å². The molecule has 0 saturated heterocycles. The minimum Gasteiger partial charge on any atom is -0.382 e. The number of imidazole rings is 1. The van der Waals surface area contributed by atoms with Gasteiger partial charge in [0.15, 0.2) is 23.0 Å². The predicted molar refractivity (Wildman–Crippen MR) is 84.4 cm³/mol. The Morgan fingerprint density at radius 2 is 2.00 bits per heavy atom. The van der Waals surface area contributed by atoms with Gasteiger partial charge in [-0.25, -0.2) is 4.98 Å². The molecule has 7 nitrogen and oxygen atoms in total. The Morgan fingerprint density at radius 1 is 1.18 bits per heavy atom. The van der Waals surface area contributed by atoms with Gasteiger partial charge in [0.25, 0.3) is 0 Å². The van der Waals surface area contributed by atoms with E-state index < -0.39 is 0 Å². The maximum absolute atomic E-state index is 6.22. The number of fused-ring (bicyclic) bond motifs is 2. The van der Waals surface area contributed by atoms with E-state index in [2.05, 4.69) is 39.1 Å². The Hall–Kier alpha value is -2.96. The molecule has 3 heterocycles. The normalized spacial score (nSPS) is 11.8. The van der Waals surface area contributed by atoms with Gasteiger partial charge in [-0.3, -0.25) is 0 Å². The van der Waals surface area contributed by atoms with Crippen molar-refractivity contribution in [2.45, 2.75) is 19.8 Å². The average molecular weight is 293 g/mol. The third kappa shape index (κ3) is 1.82. The summed E-state index contributed by atoms with van der Waals surface area (Å²) in [7, 11) is 0. The van der Waals surface area contributed by atoms with Gasteiger partial charge in [-0.1, -0.05) is 26.0 Å². The summed E-state index contributed by atoms with van der Waals surface area (Å²) < 4.78 is 1.62. The van der Waals surface area contributed by atoms with Gasteiger partial charge >= 0.3 is 0 Å². The molecule has 0 bridgehead atoms. The van der Waals surface area contributed by atoms with Crippen molar-refractivity contribution in [2.75, 3.05) is 5.73 Å². The molecule has 110 valence electrons. The highest BCUT2D eigenvalue weighted by molar-refractivity contribution is 5.80. The van der Waals surface area contributed by atoms with Crippen molar-refractivity contribution in [1.29, 1.82) is 0 Å². The number of nitrogens with one attached hydrogen (secondary N) is 1. The third-order valence-electron chi connectivity index (χ3n) is 3.64. The highest BCUT2D eigenvalue weighted by Gasteiger charge is 2.16. The van der Waals surface area contributed by atoms with Crippen LogP contribution in [0, 0.1) is 0 Å². The number of nitrogens with zero attached hydrogens (tertiary/aromatic N) is 5. The van der Waals surface area contributed by atoms with Crippen molar-refractivity contribution in [2.24, 2.45) is 0 Å². The number of hydrogen-bond donors (Lipinski definition) is 2. The van der Waals surface area contributed by atoms with Crippen molar-refractivity contribution in [1.82, 2.24) is 29.8 Å². The van der Waals surface area contributed by atoms with Gasteiger partial charge in [-0.15, -0.1) is 10.2 Å². The summed E-state index contributed by atoms with van der Waals surface area (Å²) in [5.74, 6) is 1.32. The molecule has 3 aromatic heterocycles. The van der Waals surface area contributed by atoms with Crippen molar-refractivity contribution in [3.8, 4) is 11.5 Å². The topological polar surface area (TPSA) is 97.8 Å². The van der Waals surface area contributed by atoms with Crippen LogP contribution in [0.3, 0.4) is 0 Å². The van der Waals surface area contributed by atoms with E-state index in [1.807, 2.05) is 30.3 Å². The van der Waals surface area contributed by atoms with Gasteiger partial charge in [0.1, 0.15) is 0 Å². The predicted octanol–water partition coefficient (Wildman–Crippen LogP) is 2.37. The maximum Gasteiger partial charge on any atom is 0.179 e. The fraction of sp³-hybridized carbons (Fsp3) is 0.200. The Bertz CT molecular complexity index is 947. The smallest absolute Gasteiger partial charge is 0.179 e. The summed E-state index contributed by atoms with van der Waals surface area (Å²) in [6.45, 7) is 4.15. The van der Waals surface area contributed by atoms with Crippen LogP contribution in [0.5, 0.6) is 0 Å². The van der Waals surface area contributed by atoms with E-state index in [4.69, 9.17) is 5.73 Å². The first-order valence-corrected chi connectivity index (χ1v) is 7.10. The number of hydrogen-bond acceptors (Lipinski definition) is 5. The SMILES string of the molecule is CC(C)c1cc2nnc(-c3nc4ccccc4[nH]3)c(N)n2n1. The largest absolute Gasteiger partial charge is 0.382 e. The highest BCUT2D eigenvalue weighted by atomic mass is 15.3. The second-order valence-electron chi connectivity index (χ2n) is 5.53. The quantitative estimate of drug-likeness (QED) is 0.591. The molecule has 3 N–H and O–H groups in total. The van der Waals surface area contributed by atoms with E-state index in [1.165, 1.54) is 0 Å². The Kier molecular flexibility index (Phi) is 2.62. The molecular weight excluding hydrogens is 278 g/mol. The number of benzene rings is 1. The number of nitrogens with two attached hydrogens (primary N) is 1. The van der Waals surface area contributed by atoms with E-state index in [-0.39, 0.29) is 0 Å². The first-order valence-electron chi connectivity index (χ1n) is 7.10. The number of aromatic amines is 1. The molecule has 22 heavy (non-hydrogen) atoms. The summed E-state index contributed by atoms with van der Waals surface area (Å²) in [4.78, 5) is 7.73. The summed E-state index contributed by atoms with van der Waals surface area (Å²) in [5, 5.41) is 12.9. The molecule has 0 aliphatic rings. The zero-order valence-electron chi connectivity index (χ0n) is 12.3. The van der Waals surface area contributed by atoms with Gasteiger partial charge < -0.3 is 10.7 Å². The first-order chi connectivity index (χ1) is 10.6. The van der Waals surface area contributed by atoms with Crippen LogP contribution in [-0.4, -0.2) is 29.8 Å². The lowest BCUT2D eigenvalue weighted by Gasteiger charge is -2.02. The molecule has 7 heteroatoms. The second kappa shape index (κ2) is 4.52. The molecule has 0 aliphatic carbocycles. The van der Waals surface area contributed by atoms with E-state index in [0.29, 0.717) is 28.9 Å². The molecule has 0 radical (unpaired) electrons.